The zero-order valence-corrected chi connectivity index (χ0v) is 10.6. The summed E-state index contributed by atoms with van der Waals surface area (Å²) in [7, 11) is 1.15. The molecule has 0 spiro atoms. The van der Waals surface area contributed by atoms with E-state index in [0.717, 1.165) is 19.2 Å². The number of methoxy groups -OCH3 is 1. The zero-order valence-electron chi connectivity index (χ0n) is 10.6. The average molecular weight is 278 g/mol. The van der Waals surface area contributed by atoms with Crippen LogP contribution in [0.1, 0.15) is 37.0 Å². The number of hydrogen-bond acceptors (Lipinski definition) is 2. The molecule has 1 aromatic rings. The van der Waals surface area contributed by atoms with Gasteiger partial charge >= 0.3 is 6.18 Å². The highest BCUT2D eigenvalue weighted by Gasteiger charge is 2.37. The van der Waals surface area contributed by atoms with Gasteiger partial charge in [-0.3, -0.25) is 4.79 Å². The largest absolute Gasteiger partial charge is 0.416 e. The lowest BCUT2D eigenvalue weighted by Gasteiger charge is -2.19. The van der Waals surface area contributed by atoms with Crippen LogP contribution in [0.2, 0.25) is 0 Å². The zero-order chi connectivity index (χ0) is 14.6. The van der Waals surface area contributed by atoms with Gasteiger partial charge in [0.05, 0.1) is 5.56 Å². The number of rotatable bonds is 5. The fraction of sp³-hybridized carbons (Fsp3) is 0.462. The third-order valence-corrected chi connectivity index (χ3v) is 2.63. The van der Waals surface area contributed by atoms with Crippen LogP contribution in [0.25, 0.3) is 0 Å². The third kappa shape index (κ3) is 3.76. The highest BCUT2D eigenvalue weighted by Crippen LogP contribution is 2.36. The number of ketones is 1. The summed E-state index contributed by atoms with van der Waals surface area (Å²) in [5.41, 5.74) is -1.53. The standard InChI is InChI=1S/C13H14F4O2/c1-3-4-11(18)12(19-2)9-6-5-8(14)7-10(9)13(15,16)17/h5-7,12H,3-4H2,1-2H3. The van der Waals surface area contributed by atoms with Gasteiger partial charge in [-0.2, -0.15) is 13.2 Å². The van der Waals surface area contributed by atoms with Crippen molar-refractivity contribution in [3.8, 4) is 0 Å². The minimum atomic E-state index is -4.74. The molecule has 19 heavy (non-hydrogen) atoms. The molecule has 6 heteroatoms. The number of hydrogen-bond donors (Lipinski definition) is 0. The first-order valence-corrected chi connectivity index (χ1v) is 5.73. The van der Waals surface area contributed by atoms with Crippen LogP contribution in [0.3, 0.4) is 0 Å². The summed E-state index contributed by atoms with van der Waals surface area (Å²) in [6, 6.07) is 2.20. The average Bonchev–Trinajstić information content (AvgIpc) is 2.31. The molecule has 0 heterocycles. The summed E-state index contributed by atoms with van der Waals surface area (Å²) in [4.78, 5) is 11.8. The topological polar surface area (TPSA) is 26.3 Å². The fourth-order valence-electron chi connectivity index (χ4n) is 1.81. The predicted octanol–water partition coefficient (Wildman–Crippen LogP) is 3.90. The first kappa shape index (κ1) is 15.6. The van der Waals surface area contributed by atoms with Gasteiger partial charge in [-0.15, -0.1) is 0 Å². The third-order valence-electron chi connectivity index (χ3n) is 2.63. The maximum absolute atomic E-state index is 13.0. The van der Waals surface area contributed by atoms with Gasteiger partial charge in [-0.05, 0) is 18.6 Å². The van der Waals surface area contributed by atoms with Gasteiger partial charge in [0, 0.05) is 19.1 Å². The molecule has 0 saturated heterocycles. The van der Waals surface area contributed by atoms with Crippen LogP contribution < -0.4 is 0 Å². The van der Waals surface area contributed by atoms with Crippen LogP contribution in [0.4, 0.5) is 17.6 Å². The first-order valence-electron chi connectivity index (χ1n) is 5.73. The predicted molar refractivity (Wildman–Crippen MR) is 61.1 cm³/mol. The van der Waals surface area contributed by atoms with E-state index in [2.05, 4.69) is 0 Å². The van der Waals surface area contributed by atoms with Crippen molar-refractivity contribution in [1.82, 2.24) is 0 Å². The Hall–Kier alpha value is -1.43. The number of alkyl halides is 3. The van der Waals surface area contributed by atoms with Gasteiger partial charge in [-0.25, -0.2) is 4.39 Å². The minimum Gasteiger partial charge on any atom is -0.369 e. The van der Waals surface area contributed by atoms with Crippen molar-refractivity contribution in [2.75, 3.05) is 7.11 Å². The second-order valence-electron chi connectivity index (χ2n) is 4.06. The van der Waals surface area contributed by atoms with Crippen LogP contribution in [0, 0.1) is 5.82 Å². The molecule has 0 aliphatic heterocycles. The van der Waals surface area contributed by atoms with E-state index >= 15 is 0 Å². The van der Waals surface area contributed by atoms with Crippen molar-refractivity contribution in [1.29, 1.82) is 0 Å². The maximum Gasteiger partial charge on any atom is 0.416 e. The number of ether oxygens (including phenoxy) is 1. The molecular weight excluding hydrogens is 264 g/mol. The van der Waals surface area contributed by atoms with Crippen LogP contribution in [-0.2, 0) is 15.7 Å². The molecule has 0 aliphatic carbocycles. The highest BCUT2D eigenvalue weighted by atomic mass is 19.4. The second kappa shape index (κ2) is 6.14. The van der Waals surface area contributed by atoms with Gasteiger partial charge < -0.3 is 4.74 Å². The first-order chi connectivity index (χ1) is 8.81. The van der Waals surface area contributed by atoms with Crippen molar-refractivity contribution >= 4 is 5.78 Å². The molecule has 1 aromatic carbocycles. The molecule has 0 radical (unpaired) electrons. The number of carbonyl (C=O) groups excluding carboxylic acids is 1. The molecule has 0 bridgehead atoms. The number of Topliss-reactive ketones (excluding diaryl/α,β-unsaturated/α-hetero) is 1. The maximum atomic E-state index is 13.0. The van der Waals surface area contributed by atoms with Crippen LogP contribution in [0.15, 0.2) is 18.2 Å². The summed E-state index contributed by atoms with van der Waals surface area (Å²) in [6.07, 6.45) is -5.45. The lowest BCUT2D eigenvalue weighted by molar-refractivity contribution is -0.141. The van der Waals surface area contributed by atoms with Gasteiger partial charge in [-0.1, -0.05) is 13.0 Å². The van der Waals surface area contributed by atoms with Crippen molar-refractivity contribution in [3.05, 3.63) is 35.1 Å². The molecule has 0 aromatic heterocycles. The smallest absolute Gasteiger partial charge is 0.369 e. The van der Waals surface area contributed by atoms with E-state index in [9.17, 15) is 22.4 Å². The van der Waals surface area contributed by atoms with Crippen molar-refractivity contribution in [3.63, 3.8) is 0 Å². The van der Waals surface area contributed by atoms with Crippen LogP contribution in [0.5, 0.6) is 0 Å². The lowest BCUT2D eigenvalue weighted by Crippen LogP contribution is -2.19. The fourth-order valence-corrected chi connectivity index (χ4v) is 1.81. The number of carbonyl (C=O) groups is 1. The Morgan fingerprint density at radius 1 is 1.37 bits per heavy atom. The van der Waals surface area contributed by atoms with E-state index in [1.54, 1.807) is 6.92 Å². The Morgan fingerprint density at radius 2 is 2.00 bits per heavy atom. The Kier molecular flexibility index (Phi) is 5.05. The monoisotopic (exact) mass is 278 g/mol. The van der Waals surface area contributed by atoms with E-state index in [1.807, 2.05) is 0 Å². The summed E-state index contributed by atoms with van der Waals surface area (Å²) in [6.45, 7) is 1.74. The SMILES string of the molecule is CCCC(=O)C(OC)c1ccc(F)cc1C(F)(F)F. The highest BCUT2D eigenvalue weighted by molar-refractivity contribution is 5.84. The molecule has 1 unspecified atom stereocenters. The Morgan fingerprint density at radius 3 is 2.47 bits per heavy atom. The van der Waals surface area contributed by atoms with E-state index < -0.39 is 29.4 Å². The summed E-state index contributed by atoms with van der Waals surface area (Å²) in [5, 5.41) is 0. The molecule has 2 nitrogen and oxygen atoms in total. The van der Waals surface area contributed by atoms with Crippen molar-refractivity contribution in [2.45, 2.75) is 32.0 Å². The van der Waals surface area contributed by atoms with E-state index in [-0.39, 0.29) is 12.0 Å². The summed E-state index contributed by atoms with van der Waals surface area (Å²) >= 11 is 0. The Bertz CT molecular complexity index is 454. The van der Waals surface area contributed by atoms with Gasteiger partial charge in [0.1, 0.15) is 11.9 Å². The summed E-state index contributed by atoms with van der Waals surface area (Å²) < 4.78 is 56.3. The molecule has 0 saturated carbocycles. The van der Waals surface area contributed by atoms with E-state index in [4.69, 9.17) is 4.74 Å². The van der Waals surface area contributed by atoms with Crippen LogP contribution >= 0.6 is 0 Å². The van der Waals surface area contributed by atoms with Crippen molar-refractivity contribution < 1.29 is 27.1 Å². The van der Waals surface area contributed by atoms with Gasteiger partial charge in [0.15, 0.2) is 5.78 Å². The van der Waals surface area contributed by atoms with Gasteiger partial charge in [0.25, 0.3) is 0 Å². The second-order valence-corrected chi connectivity index (χ2v) is 4.06. The van der Waals surface area contributed by atoms with Crippen LogP contribution in [-0.4, -0.2) is 12.9 Å². The van der Waals surface area contributed by atoms with Crippen molar-refractivity contribution in [2.24, 2.45) is 0 Å². The van der Waals surface area contributed by atoms with Gasteiger partial charge in [0.2, 0.25) is 0 Å². The normalized spacial score (nSPS) is 13.4. The number of benzene rings is 1. The summed E-state index contributed by atoms with van der Waals surface area (Å²) in [5.74, 6) is -1.46. The number of halogens is 4. The molecule has 0 fully saturated rings. The molecule has 1 atom stereocenters. The Balaban J connectivity index is 3.28. The quantitative estimate of drug-likeness (QED) is 0.763. The molecular formula is C13H14F4O2. The lowest BCUT2D eigenvalue weighted by atomic mass is 9.97. The minimum absolute atomic E-state index is 0.104. The van der Waals surface area contributed by atoms with E-state index in [0.29, 0.717) is 12.5 Å². The molecule has 106 valence electrons. The Labute approximate surface area is 108 Å². The molecule has 0 amide bonds. The molecule has 0 aliphatic rings. The molecule has 1 rings (SSSR count). The molecule has 0 N–H and O–H groups in total. The van der Waals surface area contributed by atoms with E-state index in [1.165, 1.54) is 0 Å².